The molecule has 0 heterocycles. The molecule has 1 atom stereocenters. The highest BCUT2D eigenvalue weighted by molar-refractivity contribution is 6.30. The summed E-state index contributed by atoms with van der Waals surface area (Å²) in [4.78, 5) is 23.1. The minimum absolute atomic E-state index is 0.144. The van der Waals surface area contributed by atoms with Crippen LogP contribution >= 0.6 is 11.6 Å². The summed E-state index contributed by atoms with van der Waals surface area (Å²) in [5, 5.41) is 9.90. The van der Waals surface area contributed by atoms with Crippen LogP contribution in [0, 0.1) is 12.8 Å². The van der Waals surface area contributed by atoms with Gasteiger partial charge in [0, 0.05) is 5.02 Å². The largest absolute Gasteiger partial charge is 0.481 e. The standard InChI is InChI=1S/C16H21ClO4/c1-10-7-13(17)6-5-11(10)8-12(15(19)20)9-14(18)21-16(2,3)4/h5-7,12H,8-9H2,1-4H3,(H,19,20)/t12-/m0/s1. The minimum atomic E-state index is -1.00. The highest BCUT2D eigenvalue weighted by Gasteiger charge is 2.25. The number of carboxylic acid groups (broad SMARTS) is 1. The SMILES string of the molecule is Cc1cc(Cl)ccc1C[C@@H](CC(=O)OC(C)(C)C)C(=O)O. The van der Waals surface area contributed by atoms with Crippen molar-refractivity contribution in [1.29, 1.82) is 0 Å². The van der Waals surface area contributed by atoms with Gasteiger partial charge in [0.2, 0.25) is 0 Å². The van der Waals surface area contributed by atoms with Crippen molar-refractivity contribution >= 4 is 23.5 Å². The van der Waals surface area contributed by atoms with E-state index in [0.717, 1.165) is 11.1 Å². The first-order valence-corrected chi connectivity index (χ1v) is 7.16. The van der Waals surface area contributed by atoms with Crippen LogP contribution in [-0.2, 0) is 20.7 Å². The zero-order valence-electron chi connectivity index (χ0n) is 12.8. The van der Waals surface area contributed by atoms with Crippen LogP contribution in [0.1, 0.15) is 38.3 Å². The molecular weight excluding hydrogens is 292 g/mol. The monoisotopic (exact) mass is 312 g/mol. The molecule has 0 bridgehead atoms. The van der Waals surface area contributed by atoms with Crippen LogP contribution in [0.3, 0.4) is 0 Å². The highest BCUT2D eigenvalue weighted by atomic mass is 35.5. The Labute approximate surface area is 130 Å². The van der Waals surface area contributed by atoms with Gasteiger partial charge in [0.1, 0.15) is 5.60 Å². The van der Waals surface area contributed by atoms with Crippen LogP contribution in [0.25, 0.3) is 0 Å². The van der Waals surface area contributed by atoms with Gasteiger partial charge in [-0.2, -0.15) is 0 Å². The first-order chi connectivity index (χ1) is 9.58. The fourth-order valence-electron chi connectivity index (χ4n) is 1.98. The van der Waals surface area contributed by atoms with Crippen LogP contribution < -0.4 is 0 Å². The Kier molecular flexibility index (Phi) is 5.78. The number of carbonyl (C=O) groups excluding carboxylic acids is 1. The van der Waals surface area contributed by atoms with Gasteiger partial charge in [0.15, 0.2) is 0 Å². The maximum atomic E-state index is 11.8. The average molecular weight is 313 g/mol. The lowest BCUT2D eigenvalue weighted by Crippen LogP contribution is -2.28. The number of hydrogen-bond acceptors (Lipinski definition) is 3. The molecule has 0 saturated heterocycles. The molecule has 0 fully saturated rings. The molecule has 0 aliphatic carbocycles. The van der Waals surface area contributed by atoms with E-state index in [1.807, 2.05) is 6.92 Å². The molecule has 0 aliphatic rings. The molecule has 1 aromatic rings. The summed E-state index contributed by atoms with van der Waals surface area (Å²) in [5.41, 5.74) is 1.17. The highest BCUT2D eigenvalue weighted by Crippen LogP contribution is 2.21. The maximum Gasteiger partial charge on any atom is 0.307 e. The summed E-state index contributed by atoms with van der Waals surface area (Å²) in [6.45, 7) is 7.13. The third-order valence-corrected chi connectivity index (χ3v) is 3.19. The van der Waals surface area contributed by atoms with Crippen molar-refractivity contribution in [2.45, 2.75) is 46.1 Å². The van der Waals surface area contributed by atoms with Gasteiger partial charge in [-0.05, 0) is 57.4 Å². The molecule has 0 unspecified atom stereocenters. The zero-order valence-corrected chi connectivity index (χ0v) is 13.5. The van der Waals surface area contributed by atoms with E-state index in [2.05, 4.69) is 0 Å². The van der Waals surface area contributed by atoms with Gasteiger partial charge in [0.05, 0.1) is 12.3 Å². The van der Waals surface area contributed by atoms with E-state index in [-0.39, 0.29) is 12.8 Å². The number of aliphatic carboxylic acids is 1. The third-order valence-electron chi connectivity index (χ3n) is 2.95. The lowest BCUT2D eigenvalue weighted by atomic mass is 9.93. The quantitative estimate of drug-likeness (QED) is 0.843. The second-order valence-electron chi connectivity index (χ2n) is 6.10. The van der Waals surface area contributed by atoms with E-state index in [9.17, 15) is 14.7 Å². The number of esters is 1. The molecule has 0 aromatic heterocycles. The van der Waals surface area contributed by atoms with Gasteiger partial charge < -0.3 is 9.84 Å². The molecule has 4 nitrogen and oxygen atoms in total. The van der Waals surface area contributed by atoms with Gasteiger partial charge in [0.25, 0.3) is 0 Å². The summed E-state index contributed by atoms with van der Waals surface area (Å²) in [6.07, 6.45) is 0.131. The van der Waals surface area contributed by atoms with Gasteiger partial charge in [-0.15, -0.1) is 0 Å². The van der Waals surface area contributed by atoms with Crippen molar-refractivity contribution in [2.75, 3.05) is 0 Å². The Morgan fingerprint density at radius 3 is 2.43 bits per heavy atom. The Balaban J connectivity index is 2.79. The predicted octanol–water partition coefficient (Wildman–Crippen LogP) is 3.62. The Bertz CT molecular complexity index is 532. The lowest BCUT2D eigenvalue weighted by molar-refractivity contribution is -0.159. The van der Waals surface area contributed by atoms with Crippen molar-refractivity contribution in [3.63, 3.8) is 0 Å². The Hall–Kier alpha value is -1.55. The molecule has 1 N–H and O–H groups in total. The van der Waals surface area contributed by atoms with Gasteiger partial charge in [-0.25, -0.2) is 0 Å². The number of benzene rings is 1. The van der Waals surface area contributed by atoms with Crippen LogP contribution in [0.2, 0.25) is 5.02 Å². The molecule has 21 heavy (non-hydrogen) atoms. The minimum Gasteiger partial charge on any atom is -0.481 e. The van der Waals surface area contributed by atoms with E-state index in [0.29, 0.717) is 5.02 Å². The van der Waals surface area contributed by atoms with Crippen molar-refractivity contribution in [1.82, 2.24) is 0 Å². The number of hydrogen-bond donors (Lipinski definition) is 1. The van der Waals surface area contributed by atoms with Crippen LogP contribution in [0.15, 0.2) is 18.2 Å². The summed E-state index contributed by atoms with van der Waals surface area (Å²) in [5.74, 6) is -2.31. The summed E-state index contributed by atoms with van der Waals surface area (Å²) >= 11 is 5.88. The van der Waals surface area contributed by atoms with E-state index < -0.39 is 23.5 Å². The Morgan fingerprint density at radius 2 is 1.95 bits per heavy atom. The van der Waals surface area contributed by atoms with Crippen molar-refractivity contribution < 1.29 is 19.4 Å². The first kappa shape index (κ1) is 17.5. The van der Waals surface area contributed by atoms with E-state index in [1.54, 1.807) is 39.0 Å². The molecule has 1 rings (SSSR count). The number of carboxylic acids is 1. The number of halogens is 1. The van der Waals surface area contributed by atoms with E-state index in [4.69, 9.17) is 16.3 Å². The van der Waals surface area contributed by atoms with Gasteiger partial charge in [-0.1, -0.05) is 17.7 Å². The fraction of sp³-hybridized carbons (Fsp3) is 0.500. The normalized spacial score (nSPS) is 12.8. The smallest absolute Gasteiger partial charge is 0.307 e. The second-order valence-corrected chi connectivity index (χ2v) is 6.54. The zero-order chi connectivity index (χ0) is 16.2. The summed E-state index contributed by atoms with van der Waals surface area (Å²) in [6, 6.07) is 5.29. The van der Waals surface area contributed by atoms with Gasteiger partial charge >= 0.3 is 11.9 Å². The third kappa shape index (κ3) is 6.17. The molecule has 0 aliphatic heterocycles. The number of aryl methyl sites for hydroxylation is 1. The van der Waals surface area contributed by atoms with Crippen LogP contribution in [0.5, 0.6) is 0 Å². The first-order valence-electron chi connectivity index (χ1n) is 6.78. The van der Waals surface area contributed by atoms with Crippen molar-refractivity contribution in [2.24, 2.45) is 5.92 Å². The van der Waals surface area contributed by atoms with Gasteiger partial charge in [-0.3, -0.25) is 9.59 Å². The average Bonchev–Trinajstić information content (AvgIpc) is 2.28. The fourth-order valence-corrected chi connectivity index (χ4v) is 2.21. The van der Waals surface area contributed by atoms with E-state index >= 15 is 0 Å². The Morgan fingerprint density at radius 1 is 1.33 bits per heavy atom. The molecule has 0 spiro atoms. The van der Waals surface area contributed by atoms with Crippen LogP contribution in [-0.4, -0.2) is 22.6 Å². The molecule has 116 valence electrons. The molecule has 1 aromatic carbocycles. The van der Waals surface area contributed by atoms with Crippen molar-refractivity contribution in [3.8, 4) is 0 Å². The molecular formula is C16H21ClO4. The summed E-state index contributed by atoms with van der Waals surface area (Å²) < 4.78 is 5.18. The second kappa shape index (κ2) is 6.94. The number of rotatable bonds is 5. The molecule has 5 heteroatoms. The summed E-state index contributed by atoms with van der Waals surface area (Å²) in [7, 11) is 0. The molecule has 0 amide bonds. The number of ether oxygens (including phenoxy) is 1. The lowest BCUT2D eigenvalue weighted by Gasteiger charge is -2.21. The molecule has 0 saturated carbocycles. The number of carbonyl (C=O) groups is 2. The topological polar surface area (TPSA) is 63.6 Å². The maximum absolute atomic E-state index is 11.8. The molecule has 0 radical (unpaired) electrons. The van der Waals surface area contributed by atoms with Crippen molar-refractivity contribution in [3.05, 3.63) is 34.3 Å². The van der Waals surface area contributed by atoms with E-state index in [1.165, 1.54) is 0 Å². The predicted molar refractivity (Wildman–Crippen MR) is 81.5 cm³/mol. The van der Waals surface area contributed by atoms with Crippen LogP contribution in [0.4, 0.5) is 0 Å².